The van der Waals surface area contributed by atoms with Gasteiger partial charge < -0.3 is 0 Å². The Kier molecular flexibility index (Phi) is 1.89. The molecule has 0 spiro atoms. The quantitative estimate of drug-likeness (QED) is 0.449. The zero-order chi connectivity index (χ0) is 7.78. The SMILES string of the molecule is CC1=C(C)C(C)(C)CCC1. The molecule has 0 saturated carbocycles. The molecule has 0 aromatic heterocycles. The predicted octanol–water partition coefficient (Wildman–Crippen LogP) is 3.53. The van der Waals surface area contributed by atoms with E-state index in [-0.39, 0.29) is 0 Å². The van der Waals surface area contributed by atoms with Crippen molar-refractivity contribution in [3.8, 4) is 0 Å². The first-order valence-corrected chi connectivity index (χ1v) is 4.21. The molecule has 0 aliphatic heterocycles. The maximum absolute atomic E-state index is 2.35. The lowest BCUT2D eigenvalue weighted by Crippen LogP contribution is -2.18. The number of allylic oxidation sites excluding steroid dienone is 2. The van der Waals surface area contributed by atoms with Gasteiger partial charge >= 0.3 is 0 Å². The van der Waals surface area contributed by atoms with E-state index in [0.717, 1.165) is 0 Å². The van der Waals surface area contributed by atoms with E-state index < -0.39 is 0 Å². The molecule has 1 aliphatic carbocycles. The van der Waals surface area contributed by atoms with Crippen LogP contribution in [0.5, 0.6) is 0 Å². The fourth-order valence-electron chi connectivity index (χ4n) is 1.75. The zero-order valence-electron chi connectivity index (χ0n) is 7.62. The highest BCUT2D eigenvalue weighted by molar-refractivity contribution is 5.19. The Morgan fingerprint density at radius 3 is 2.20 bits per heavy atom. The van der Waals surface area contributed by atoms with Crippen molar-refractivity contribution >= 4 is 0 Å². The van der Waals surface area contributed by atoms with Crippen LogP contribution in [0.1, 0.15) is 47.0 Å². The van der Waals surface area contributed by atoms with Crippen LogP contribution >= 0.6 is 0 Å². The van der Waals surface area contributed by atoms with E-state index in [1.165, 1.54) is 19.3 Å². The minimum atomic E-state index is 0.488. The smallest absolute Gasteiger partial charge is 0.0145 e. The lowest BCUT2D eigenvalue weighted by Gasteiger charge is -2.32. The van der Waals surface area contributed by atoms with Crippen LogP contribution in [0.25, 0.3) is 0 Å². The summed E-state index contributed by atoms with van der Waals surface area (Å²) in [6.45, 7) is 9.26. The first-order chi connectivity index (χ1) is 4.54. The molecule has 0 nitrogen and oxygen atoms in total. The fraction of sp³-hybridized carbons (Fsp3) is 0.800. The van der Waals surface area contributed by atoms with Gasteiger partial charge in [0.25, 0.3) is 0 Å². The second-order valence-electron chi connectivity index (χ2n) is 4.14. The van der Waals surface area contributed by atoms with Crippen LogP contribution < -0.4 is 0 Å². The fourth-order valence-corrected chi connectivity index (χ4v) is 1.75. The molecule has 1 aliphatic rings. The van der Waals surface area contributed by atoms with Crippen molar-refractivity contribution < 1.29 is 0 Å². The third-order valence-electron chi connectivity index (χ3n) is 3.01. The minimum Gasteiger partial charge on any atom is -0.0739 e. The second kappa shape index (κ2) is 2.41. The van der Waals surface area contributed by atoms with Gasteiger partial charge in [0, 0.05) is 0 Å². The van der Waals surface area contributed by atoms with Gasteiger partial charge in [-0.05, 0) is 38.5 Å². The van der Waals surface area contributed by atoms with Crippen molar-refractivity contribution in [2.24, 2.45) is 5.41 Å². The molecule has 0 heteroatoms. The average molecular weight is 138 g/mol. The molecule has 0 bridgehead atoms. The standard InChI is InChI=1S/C10H18/c1-8-6-5-7-10(3,4)9(8)2/h5-7H2,1-4H3. The monoisotopic (exact) mass is 138 g/mol. The van der Waals surface area contributed by atoms with Gasteiger partial charge in [0.05, 0.1) is 0 Å². The van der Waals surface area contributed by atoms with Crippen molar-refractivity contribution in [3.63, 3.8) is 0 Å². The number of hydrogen-bond donors (Lipinski definition) is 0. The molecule has 10 heavy (non-hydrogen) atoms. The third kappa shape index (κ3) is 1.25. The van der Waals surface area contributed by atoms with E-state index >= 15 is 0 Å². The van der Waals surface area contributed by atoms with E-state index in [4.69, 9.17) is 0 Å². The van der Waals surface area contributed by atoms with E-state index in [2.05, 4.69) is 27.7 Å². The van der Waals surface area contributed by atoms with Gasteiger partial charge in [0.15, 0.2) is 0 Å². The summed E-state index contributed by atoms with van der Waals surface area (Å²) >= 11 is 0. The summed E-state index contributed by atoms with van der Waals surface area (Å²) in [5.41, 5.74) is 3.73. The predicted molar refractivity (Wildman–Crippen MR) is 46.0 cm³/mol. The summed E-state index contributed by atoms with van der Waals surface area (Å²) in [7, 11) is 0. The lowest BCUT2D eigenvalue weighted by atomic mass is 9.74. The van der Waals surface area contributed by atoms with Gasteiger partial charge in [-0.2, -0.15) is 0 Å². The molecular formula is C10H18. The van der Waals surface area contributed by atoms with Crippen LogP contribution in [0.4, 0.5) is 0 Å². The summed E-state index contributed by atoms with van der Waals surface area (Å²) in [4.78, 5) is 0. The van der Waals surface area contributed by atoms with Gasteiger partial charge in [0.2, 0.25) is 0 Å². The number of rotatable bonds is 0. The lowest BCUT2D eigenvalue weighted by molar-refractivity contribution is 0.367. The third-order valence-corrected chi connectivity index (χ3v) is 3.01. The van der Waals surface area contributed by atoms with Crippen LogP contribution in [-0.2, 0) is 0 Å². The topological polar surface area (TPSA) is 0 Å². The van der Waals surface area contributed by atoms with Crippen molar-refractivity contribution in [3.05, 3.63) is 11.1 Å². The normalized spacial score (nSPS) is 25.2. The highest BCUT2D eigenvalue weighted by Crippen LogP contribution is 2.39. The molecule has 0 heterocycles. The van der Waals surface area contributed by atoms with Crippen LogP contribution in [0.3, 0.4) is 0 Å². The molecule has 0 unspecified atom stereocenters. The van der Waals surface area contributed by atoms with Gasteiger partial charge in [0.1, 0.15) is 0 Å². The van der Waals surface area contributed by atoms with Crippen molar-refractivity contribution in [2.45, 2.75) is 47.0 Å². The molecule has 0 aromatic carbocycles. The summed E-state index contributed by atoms with van der Waals surface area (Å²) in [6, 6.07) is 0. The van der Waals surface area contributed by atoms with E-state index in [1.54, 1.807) is 11.1 Å². The first kappa shape index (κ1) is 7.84. The Morgan fingerprint density at radius 1 is 1.20 bits per heavy atom. The molecule has 58 valence electrons. The summed E-state index contributed by atoms with van der Waals surface area (Å²) in [5, 5.41) is 0. The van der Waals surface area contributed by atoms with Crippen LogP contribution in [0.15, 0.2) is 11.1 Å². The van der Waals surface area contributed by atoms with E-state index in [1.807, 2.05) is 0 Å². The molecular weight excluding hydrogens is 120 g/mol. The molecule has 0 atom stereocenters. The summed E-state index contributed by atoms with van der Waals surface area (Å²) < 4.78 is 0. The maximum atomic E-state index is 2.35. The highest BCUT2D eigenvalue weighted by Gasteiger charge is 2.24. The zero-order valence-corrected chi connectivity index (χ0v) is 7.62. The molecule has 0 N–H and O–H groups in total. The average Bonchev–Trinajstić information content (AvgIpc) is 1.83. The van der Waals surface area contributed by atoms with E-state index in [9.17, 15) is 0 Å². The van der Waals surface area contributed by atoms with Crippen LogP contribution in [-0.4, -0.2) is 0 Å². The van der Waals surface area contributed by atoms with Gasteiger partial charge in [-0.3, -0.25) is 0 Å². The summed E-state index contributed by atoms with van der Waals surface area (Å²) in [6.07, 6.45) is 4.08. The van der Waals surface area contributed by atoms with Crippen molar-refractivity contribution in [1.29, 1.82) is 0 Å². The molecule has 0 aromatic rings. The molecule has 0 fully saturated rings. The Hall–Kier alpha value is -0.260. The van der Waals surface area contributed by atoms with Gasteiger partial charge in [-0.15, -0.1) is 0 Å². The second-order valence-corrected chi connectivity index (χ2v) is 4.14. The first-order valence-electron chi connectivity index (χ1n) is 4.21. The van der Waals surface area contributed by atoms with Crippen LogP contribution in [0, 0.1) is 5.41 Å². The highest BCUT2D eigenvalue weighted by atomic mass is 14.3. The van der Waals surface area contributed by atoms with Gasteiger partial charge in [-0.25, -0.2) is 0 Å². The van der Waals surface area contributed by atoms with E-state index in [0.29, 0.717) is 5.41 Å². The number of hydrogen-bond acceptors (Lipinski definition) is 0. The molecule has 0 radical (unpaired) electrons. The van der Waals surface area contributed by atoms with Gasteiger partial charge in [-0.1, -0.05) is 25.0 Å². The van der Waals surface area contributed by atoms with Crippen LogP contribution in [0.2, 0.25) is 0 Å². The Bertz CT molecular complexity index is 161. The van der Waals surface area contributed by atoms with Crippen molar-refractivity contribution in [2.75, 3.05) is 0 Å². The minimum absolute atomic E-state index is 0.488. The summed E-state index contributed by atoms with van der Waals surface area (Å²) in [5.74, 6) is 0. The largest absolute Gasteiger partial charge is 0.0739 e. The Labute approximate surface area is 64.3 Å². The molecule has 1 rings (SSSR count). The molecule has 0 saturated heterocycles. The Morgan fingerprint density at radius 2 is 1.80 bits per heavy atom. The molecule has 0 amide bonds. The van der Waals surface area contributed by atoms with Crippen molar-refractivity contribution in [1.82, 2.24) is 0 Å². The maximum Gasteiger partial charge on any atom is -0.0145 e. The Balaban J connectivity index is 2.89.